The van der Waals surface area contributed by atoms with E-state index < -0.39 is 0 Å². The lowest BCUT2D eigenvalue weighted by Gasteiger charge is -2.17. The zero-order valence-corrected chi connectivity index (χ0v) is 11.1. The number of benzene rings is 1. The van der Waals surface area contributed by atoms with Crippen LogP contribution in [0.5, 0.6) is 5.75 Å². The molecular weight excluding hydrogens is 244 g/mol. The number of anilines is 2. The second-order valence-corrected chi connectivity index (χ2v) is 4.36. The van der Waals surface area contributed by atoms with E-state index in [0.717, 1.165) is 0 Å². The van der Waals surface area contributed by atoms with Gasteiger partial charge < -0.3 is 15.7 Å². The standard InChI is InChI=1S/C13H16N4O2/c1-8-11(14)12(17(3)15-8)13(19)16(2)9-5-4-6-10(18)7-9/h4-7,18H,14H2,1-3H3. The third-order valence-electron chi connectivity index (χ3n) is 2.99. The second-order valence-electron chi connectivity index (χ2n) is 4.36. The van der Waals surface area contributed by atoms with Crippen molar-refractivity contribution in [1.29, 1.82) is 0 Å². The van der Waals surface area contributed by atoms with Crippen LogP contribution in [-0.4, -0.2) is 27.8 Å². The first-order valence-corrected chi connectivity index (χ1v) is 5.78. The van der Waals surface area contributed by atoms with Crippen molar-refractivity contribution in [2.24, 2.45) is 7.05 Å². The van der Waals surface area contributed by atoms with E-state index in [-0.39, 0.29) is 11.7 Å². The molecule has 2 rings (SSSR count). The lowest BCUT2D eigenvalue weighted by Crippen LogP contribution is -2.28. The summed E-state index contributed by atoms with van der Waals surface area (Å²) in [7, 11) is 3.30. The van der Waals surface area contributed by atoms with E-state index in [2.05, 4.69) is 5.10 Å². The fourth-order valence-electron chi connectivity index (χ4n) is 1.91. The Bertz CT molecular complexity index is 634. The summed E-state index contributed by atoms with van der Waals surface area (Å²) < 4.78 is 1.46. The van der Waals surface area contributed by atoms with E-state index in [9.17, 15) is 9.90 Å². The average molecular weight is 260 g/mol. The Morgan fingerprint density at radius 3 is 2.68 bits per heavy atom. The maximum absolute atomic E-state index is 12.4. The number of aryl methyl sites for hydroxylation is 2. The highest BCUT2D eigenvalue weighted by molar-refractivity contribution is 6.08. The molecular formula is C13H16N4O2. The van der Waals surface area contributed by atoms with E-state index in [1.807, 2.05) is 0 Å². The molecule has 3 N–H and O–H groups in total. The molecule has 19 heavy (non-hydrogen) atoms. The van der Waals surface area contributed by atoms with E-state index in [1.165, 1.54) is 15.6 Å². The van der Waals surface area contributed by atoms with Crippen LogP contribution in [0.1, 0.15) is 16.2 Å². The van der Waals surface area contributed by atoms with Crippen LogP contribution in [0.15, 0.2) is 24.3 Å². The van der Waals surface area contributed by atoms with Gasteiger partial charge in [0.15, 0.2) is 0 Å². The van der Waals surface area contributed by atoms with Gasteiger partial charge >= 0.3 is 0 Å². The summed E-state index contributed by atoms with van der Waals surface area (Å²) in [5.41, 5.74) is 7.79. The van der Waals surface area contributed by atoms with Crippen LogP contribution in [0.25, 0.3) is 0 Å². The number of aromatic nitrogens is 2. The number of nitrogen functional groups attached to an aromatic ring is 1. The van der Waals surface area contributed by atoms with Gasteiger partial charge in [0, 0.05) is 25.8 Å². The van der Waals surface area contributed by atoms with Crippen LogP contribution in [-0.2, 0) is 7.05 Å². The molecule has 0 saturated carbocycles. The lowest BCUT2D eigenvalue weighted by molar-refractivity contribution is 0.0985. The van der Waals surface area contributed by atoms with Gasteiger partial charge in [-0.1, -0.05) is 6.07 Å². The molecule has 1 aromatic carbocycles. The van der Waals surface area contributed by atoms with Crippen molar-refractivity contribution in [3.8, 4) is 5.75 Å². The van der Waals surface area contributed by atoms with E-state index >= 15 is 0 Å². The van der Waals surface area contributed by atoms with Crippen molar-refractivity contribution in [2.75, 3.05) is 17.7 Å². The Hall–Kier alpha value is -2.50. The number of carbonyl (C=O) groups excluding carboxylic acids is 1. The van der Waals surface area contributed by atoms with Crippen LogP contribution >= 0.6 is 0 Å². The van der Waals surface area contributed by atoms with Gasteiger partial charge in [0.25, 0.3) is 5.91 Å². The summed E-state index contributed by atoms with van der Waals surface area (Å²) in [5.74, 6) is -0.169. The summed E-state index contributed by atoms with van der Waals surface area (Å²) in [6, 6.07) is 6.46. The van der Waals surface area contributed by atoms with Gasteiger partial charge in [-0.05, 0) is 19.1 Å². The third-order valence-corrected chi connectivity index (χ3v) is 2.99. The van der Waals surface area contributed by atoms with Gasteiger partial charge in [-0.3, -0.25) is 9.48 Å². The summed E-state index contributed by atoms with van der Waals surface area (Å²) >= 11 is 0. The lowest BCUT2D eigenvalue weighted by atomic mass is 10.2. The summed E-state index contributed by atoms with van der Waals surface area (Å²) in [5, 5.41) is 13.6. The first kappa shape index (κ1) is 12.9. The number of nitrogens with zero attached hydrogens (tertiary/aromatic N) is 3. The molecule has 0 saturated heterocycles. The number of phenols is 1. The monoisotopic (exact) mass is 260 g/mol. The van der Waals surface area contributed by atoms with E-state index in [0.29, 0.717) is 22.8 Å². The molecule has 1 aromatic heterocycles. The predicted octanol–water partition coefficient (Wildman–Crippen LogP) is 1.29. The van der Waals surface area contributed by atoms with Crippen molar-refractivity contribution < 1.29 is 9.90 Å². The van der Waals surface area contributed by atoms with E-state index in [4.69, 9.17) is 5.73 Å². The normalized spacial score (nSPS) is 10.5. The van der Waals surface area contributed by atoms with Crippen LogP contribution in [0.3, 0.4) is 0 Å². The molecule has 6 nitrogen and oxygen atoms in total. The molecule has 0 radical (unpaired) electrons. The second kappa shape index (κ2) is 4.64. The number of hydrogen-bond donors (Lipinski definition) is 2. The fraction of sp³-hybridized carbons (Fsp3) is 0.231. The van der Waals surface area contributed by atoms with Crippen LogP contribution in [0.2, 0.25) is 0 Å². The van der Waals surface area contributed by atoms with Crippen molar-refractivity contribution in [3.63, 3.8) is 0 Å². The number of rotatable bonds is 2. The Labute approximate surface area is 111 Å². The molecule has 0 unspecified atom stereocenters. The van der Waals surface area contributed by atoms with Crippen molar-refractivity contribution in [1.82, 2.24) is 9.78 Å². The molecule has 0 aliphatic carbocycles. The Morgan fingerprint density at radius 2 is 2.16 bits per heavy atom. The smallest absolute Gasteiger partial charge is 0.278 e. The minimum Gasteiger partial charge on any atom is -0.508 e. The molecule has 2 aromatic rings. The van der Waals surface area contributed by atoms with Crippen molar-refractivity contribution >= 4 is 17.3 Å². The molecule has 0 aliphatic heterocycles. The molecule has 0 fully saturated rings. The van der Waals surface area contributed by atoms with Gasteiger partial charge in [0.1, 0.15) is 11.4 Å². The van der Waals surface area contributed by atoms with Gasteiger partial charge in [0.05, 0.1) is 11.4 Å². The molecule has 1 amide bonds. The number of amides is 1. The summed E-state index contributed by atoms with van der Waals surface area (Å²) in [6.45, 7) is 1.75. The zero-order chi connectivity index (χ0) is 14.2. The summed E-state index contributed by atoms with van der Waals surface area (Å²) in [6.07, 6.45) is 0. The van der Waals surface area contributed by atoms with Crippen LogP contribution in [0.4, 0.5) is 11.4 Å². The highest BCUT2D eigenvalue weighted by Crippen LogP contribution is 2.23. The van der Waals surface area contributed by atoms with Gasteiger partial charge in [-0.25, -0.2) is 0 Å². The fourth-order valence-corrected chi connectivity index (χ4v) is 1.91. The average Bonchev–Trinajstić information content (AvgIpc) is 2.61. The minimum absolute atomic E-state index is 0.103. The molecule has 100 valence electrons. The molecule has 6 heteroatoms. The highest BCUT2D eigenvalue weighted by atomic mass is 16.3. The number of phenolic OH excluding ortho intramolecular Hbond substituents is 1. The topological polar surface area (TPSA) is 84.4 Å². The Balaban J connectivity index is 2.39. The number of carbonyl (C=O) groups is 1. The predicted molar refractivity (Wildman–Crippen MR) is 73.2 cm³/mol. The quantitative estimate of drug-likeness (QED) is 0.852. The van der Waals surface area contributed by atoms with E-state index in [1.54, 1.807) is 39.2 Å². The first-order chi connectivity index (χ1) is 8.91. The number of aromatic hydroxyl groups is 1. The maximum Gasteiger partial charge on any atom is 0.278 e. The maximum atomic E-state index is 12.4. The van der Waals surface area contributed by atoms with Crippen LogP contribution in [0, 0.1) is 6.92 Å². The molecule has 0 aliphatic rings. The van der Waals surface area contributed by atoms with Gasteiger partial charge in [0.2, 0.25) is 0 Å². The SMILES string of the molecule is Cc1nn(C)c(C(=O)N(C)c2cccc(O)c2)c1N. The Kier molecular flexibility index (Phi) is 3.16. The van der Waals surface area contributed by atoms with Gasteiger partial charge in [-0.15, -0.1) is 0 Å². The third kappa shape index (κ3) is 2.24. The largest absolute Gasteiger partial charge is 0.508 e. The molecule has 0 spiro atoms. The Morgan fingerprint density at radius 1 is 1.47 bits per heavy atom. The van der Waals surface area contributed by atoms with Crippen molar-refractivity contribution in [3.05, 3.63) is 35.7 Å². The minimum atomic E-state index is -0.272. The number of hydrogen-bond acceptors (Lipinski definition) is 4. The zero-order valence-electron chi connectivity index (χ0n) is 11.1. The number of nitrogens with two attached hydrogens (primary N) is 1. The summed E-state index contributed by atoms with van der Waals surface area (Å²) in [4.78, 5) is 13.8. The van der Waals surface area contributed by atoms with Crippen molar-refractivity contribution in [2.45, 2.75) is 6.92 Å². The van der Waals surface area contributed by atoms with Gasteiger partial charge in [-0.2, -0.15) is 5.10 Å². The first-order valence-electron chi connectivity index (χ1n) is 5.78. The molecule has 0 bridgehead atoms. The highest BCUT2D eigenvalue weighted by Gasteiger charge is 2.22. The van der Waals surface area contributed by atoms with Crippen LogP contribution < -0.4 is 10.6 Å². The molecule has 1 heterocycles. The molecule has 0 atom stereocenters.